The summed E-state index contributed by atoms with van der Waals surface area (Å²) in [7, 11) is 1.59. The number of anilines is 2. The first kappa shape index (κ1) is 17.0. The van der Waals surface area contributed by atoms with Crippen molar-refractivity contribution in [2.24, 2.45) is 5.92 Å². The van der Waals surface area contributed by atoms with Gasteiger partial charge in [0, 0.05) is 30.4 Å². The van der Waals surface area contributed by atoms with Gasteiger partial charge in [-0.05, 0) is 36.2 Å². The van der Waals surface area contributed by atoms with Crippen molar-refractivity contribution in [3.63, 3.8) is 0 Å². The first-order valence-corrected chi connectivity index (χ1v) is 8.45. The van der Waals surface area contributed by atoms with Gasteiger partial charge < -0.3 is 15.0 Å². The van der Waals surface area contributed by atoms with Crippen LogP contribution in [0, 0.1) is 5.92 Å². The lowest BCUT2D eigenvalue weighted by molar-refractivity contribution is -0.122. The average molecular weight is 338 g/mol. The quantitative estimate of drug-likeness (QED) is 0.910. The Bertz CT molecular complexity index is 771. The molecule has 1 aliphatic heterocycles. The first-order chi connectivity index (χ1) is 12.1. The fourth-order valence-electron chi connectivity index (χ4n) is 2.98. The van der Waals surface area contributed by atoms with Crippen LogP contribution in [0.15, 0.2) is 48.5 Å². The number of nitrogens with zero attached hydrogens (tertiary/aromatic N) is 1. The molecule has 5 heteroatoms. The second kappa shape index (κ2) is 7.38. The zero-order chi connectivity index (χ0) is 17.8. The van der Waals surface area contributed by atoms with Crippen molar-refractivity contribution in [3.8, 4) is 5.75 Å². The van der Waals surface area contributed by atoms with E-state index in [2.05, 4.69) is 12.2 Å². The van der Waals surface area contributed by atoms with E-state index in [0.29, 0.717) is 12.3 Å². The van der Waals surface area contributed by atoms with Crippen LogP contribution in [0.4, 0.5) is 11.4 Å². The molecule has 1 atom stereocenters. The smallest absolute Gasteiger partial charge is 0.229 e. The lowest BCUT2D eigenvalue weighted by Crippen LogP contribution is -2.28. The molecular weight excluding hydrogens is 316 g/mol. The number of rotatable bonds is 5. The van der Waals surface area contributed by atoms with Crippen molar-refractivity contribution >= 4 is 23.2 Å². The molecule has 0 aliphatic carbocycles. The summed E-state index contributed by atoms with van der Waals surface area (Å²) < 4.78 is 5.20. The number of benzene rings is 2. The number of nitrogens with one attached hydrogen (secondary N) is 1. The standard InChI is InChI=1S/C20H22N2O3/c1-3-14-7-9-16(10-8-14)21-20(24)15-11-19(23)22(13-15)17-5-4-6-18(12-17)25-2/h4-10,12,15H,3,11,13H2,1-2H3,(H,21,24)/t15-/m0/s1. The van der Waals surface area contributed by atoms with E-state index >= 15 is 0 Å². The molecule has 25 heavy (non-hydrogen) atoms. The van der Waals surface area contributed by atoms with E-state index in [0.717, 1.165) is 17.8 Å². The number of aryl methyl sites for hydroxylation is 1. The van der Waals surface area contributed by atoms with Crippen molar-refractivity contribution in [2.45, 2.75) is 19.8 Å². The maximum atomic E-state index is 12.5. The summed E-state index contributed by atoms with van der Waals surface area (Å²) in [4.78, 5) is 26.5. The van der Waals surface area contributed by atoms with E-state index in [9.17, 15) is 9.59 Å². The maximum absolute atomic E-state index is 12.5. The molecule has 2 aromatic carbocycles. The Balaban J connectivity index is 1.67. The van der Waals surface area contributed by atoms with Crippen molar-refractivity contribution < 1.29 is 14.3 Å². The lowest BCUT2D eigenvalue weighted by atomic mass is 10.1. The Labute approximate surface area is 147 Å². The van der Waals surface area contributed by atoms with Crippen LogP contribution in [0.25, 0.3) is 0 Å². The van der Waals surface area contributed by atoms with Gasteiger partial charge in [-0.15, -0.1) is 0 Å². The molecule has 1 N–H and O–H groups in total. The number of hydrogen-bond donors (Lipinski definition) is 1. The largest absolute Gasteiger partial charge is 0.497 e. The second-order valence-corrected chi connectivity index (χ2v) is 6.15. The van der Waals surface area contributed by atoms with Gasteiger partial charge in [0.05, 0.1) is 13.0 Å². The van der Waals surface area contributed by atoms with Gasteiger partial charge in [-0.1, -0.05) is 25.1 Å². The van der Waals surface area contributed by atoms with Crippen LogP contribution in [0.5, 0.6) is 5.75 Å². The van der Waals surface area contributed by atoms with Crippen molar-refractivity contribution in [1.29, 1.82) is 0 Å². The Morgan fingerprint density at radius 3 is 2.68 bits per heavy atom. The zero-order valence-electron chi connectivity index (χ0n) is 14.5. The molecule has 0 bridgehead atoms. The van der Waals surface area contributed by atoms with E-state index in [1.165, 1.54) is 5.56 Å². The number of methoxy groups -OCH3 is 1. The third kappa shape index (κ3) is 3.82. The molecular formula is C20H22N2O3. The molecule has 0 aromatic heterocycles. The SMILES string of the molecule is CCc1ccc(NC(=O)[C@H]2CC(=O)N(c3cccc(OC)c3)C2)cc1. The minimum Gasteiger partial charge on any atom is -0.497 e. The summed E-state index contributed by atoms with van der Waals surface area (Å²) in [6.07, 6.45) is 1.18. The normalized spacial score (nSPS) is 16.8. The summed E-state index contributed by atoms with van der Waals surface area (Å²) in [5.41, 5.74) is 2.74. The Morgan fingerprint density at radius 2 is 2.00 bits per heavy atom. The van der Waals surface area contributed by atoms with Gasteiger partial charge in [0.25, 0.3) is 0 Å². The molecule has 1 aliphatic rings. The molecule has 1 saturated heterocycles. The Morgan fingerprint density at radius 1 is 1.24 bits per heavy atom. The molecule has 1 heterocycles. The summed E-state index contributed by atoms with van der Waals surface area (Å²) in [5, 5.41) is 2.91. The lowest BCUT2D eigenvalue weighted by Gasteiger charge is -2.17. The molecule has 0 spiro atoms. The molecule has 0 unspecified atom stereocenters. The Kier molecular flexibility index (Phi) is 5.03. The van der Waals surface area contributed by atoms with Crippen LogP contribution in [-0.4, -0.2) is 25.5 Å². The highest BCUT2D eigenvalue weighted by molar-refractivity contribution is 6.03. The van der Waals surface area contributed by atoms with Crippen LogP contribution in [0.3, 0.4) is 0 Å². The number of carbonyl (C=O) groups excluding carboxylic acids is 2. The van der Waals surface area contributed by atoms with E-state index in [1.54, 1.807) is 12.0 Å². The topological polar surface area (TPSA) is 58.6 Å². The predicted molar refractivity (Wildman–Crippen MR) is 97.9 cm³/mol. The van der Waals surface area contributed by atoms with Gasteiger partial charge in [0.2, 0.25) is 11.8 Å². The molecule has 2 amide bonds. The Hall–Kier alpha value is -2.82. The van der Waals surface area contributed by atoms with Crippen molar-refractivity contribution in [3.05, 3.63) is 54.1 Å². The average Bonchev–Trinajstić information content (AvgIpc) is 3.04. The summed E-state index contributed by atoms with van der Waals surface area (Å²) >= 11 is 0. The highest BCUT2D eigenvalue weighted by atomic mass is 16.5. The summed E-state index contributed by atoms with van der Waals surface area (Å²) in [6, 6.07) is 15.1. The summed E-state index contributed by atoms with van der Waals surface area (Å²) in [6.45, 7) is 2.47. The number of hydrogen-bond acceptors (Lipinski definition) is 3. The molecule has 1 fully saturated rings. The fraction of sp³-hybridized carbons (Fsp3) is 0.300. The minimum absolute atomic E-state index is 0.0465. The van der Waals surface area contributed by atoms with Crippen LogP contribution >= 0.6 is 0 Å². The van der Waals surface area contributed by atoms with Gasteiger partial charge in [-0.2, -0.15) is 0 Å². The van der Waals surface area contributed by atoms with Crippen LogP contribution in [0.2, 0.25) is 0 Å². The molecule has 5 nitrogen and oxygen atoms in total. The monoisotopic (exact) mass is 338 g/mol. The van der Waals surface area contributed by atoms with Crippen LogP contribution in [0.1, 0.15) is 18.9 Å². The van der Waals surface area contributed by atoms with Gasteiger partial charge in [-0.3, -0.25) is 9.59 Å². The molecule has 0 radical (unpaired) electrons. The van der Waals surface area contributed by atoms with Gasteiger partial charge >= 0.3 is 0 Å². The van der Waals surface area contributed by atoms with Crippen LogP contribution < -0.4 is 15.0 Å². The molecule has 2 aromatic rings. The van der Waals surface area contributed by atoms with Gasteiger partial charge in [0.1, 0.15) is 5.75 Å². The third-order valence-corrected chi connectivity index (χ3v) is 4.49. The van der Waals surface area contributed by atoms with Crippen molar-refractivity contribution in [1.82, 2.24) is 0 Å². The summed E-state index contributed by atoms with van der Waals surface area (Å²) in [5.74, 6) is 0.163. The predicted octanol–water partition coefficient (Wildman–Crippen LogP) is 3.25. The number of amides is 2. The van der Waals surface area contributed by atoms with E-state index in [4.69, 9.17) is 4.74 Å². The number of carbonyl (C=O) groups is 2. The van der Waals surface area contributed by atoms with Crippen molar-refractivity contribution in [2.75, 3.05) is 23.9 Å². The van der Waals surface area contributed by atoms with Crippen LogP contribution in [-0.2, 0) is 16.0 Å². The zero-order valence-corrected chi connectivity index (χ0v) is 14.5. The highest BCUT2D eigenvalue weighted by Crippen LogP contribution is 2.28. The molecule has 130 valence electrons. The number of ether oxygens (including phenoxy) is 1. The van der Waals surface area contributed by atoms with E-state index in [-0.39, 0.29) is 24.2 Å². The third-order valence-electron chi connectivity index (χ3n) is 4.49. The van der Waals surface area contributed by atoms with E-state index < -0.39 is 0 Å². The molecule has 0 saturated carbocycles. The maximum Gasteiger partial charge on any atom is 0.229 e. The van der Waals surface area contributed by atoms with E-state index in [1.807, 2.05) is 48.5 Å². The minimum atomic E-state index is -0.357. The molecule has 3 rings (SSSR count). The fourth-order valence-corrected chi connectivity index (χ4v) is 2.98. The highest BCUT2D eigenvalue weighted by Gasteiger charge is 2.35. The first-order valence-electron chi connectivity index (χ1n) is 8.45. The van der Waals surface area contributed by atoms with Gasteiger partial charge in [0.15, 0.2) is 0 Å². The van der Waals surface area contributed by atoms with Gasteiger partial charge in [-0.25, -0.2) is 0 Å². The second-order valence-electron chi connectivity index (χ2n) is 6.15.